The van der Waals surface area contributed by atoms with Crippen molar-refractivity contribution in [2.45, 2.75) is 354 Å². The fourth-order valence-electron chi connectivity index (χ4n) is 10.1. The van der Waals surface area contributed by atoms with E-state index in [1.54, 1.807) is 0 Å². The Bertz CT molecular complexity index is 1290. The number of allylic oxidation sites excluding steroid dienone is 1. The van der Waals surface area contributed by atoms with Gasteiger partial charge in [0, 0.05) is 12.8 Å². The summed E-state index contributed by atoms with van der Waals surface area (Å²) in [4.78, 5) is 37.7. The highest BCUT2D eigenvalue weighted by Crippen LogP contribution is 2.43. The molecule has 2 N–H and O–H groups in total. The lowest BCUT2D eigenvalue weighted by atomic mass is 10.0. The molecule has 1 amide bonds. The number of quaternary nitrogens is 1. The number of rotatable bonds is 61. The van der Waals surface area contributed by atoms with Crippen molar-refractivity contribution in [3.05, 3.63) is 12.2 Å². The summed E-state index contributed by atoms with van der Waals surface area (Å²) in [5.41, 5.74) is 0. The number of carbonyl (C=O) groups is 2. The third kappa shape index (κ3) is 57.3. The summed E-state index contributed by atoms with van der Waals surface area (Å²) in [6.45, 7) is 7.07. The SMILES string of the molecule is CCCCCCCCCCC/C=C/C(OC(=O)CCCCCCCCCCCCCCCCCCCCC)C(COP(=O)(O)OCC[N+](C)(C)C)NC(=O)CCCCCCCCCCCCCCCCCCCCC. The fourth-order valence-corrected chi connectivity index (χ4v) is 10.9. The van der Waals surface area contributed by atoms with E-state index in [2.05, 4.69) is 26.1 Å². The van der Waals surface area contributed by atoms with Crippen molar-refractivity contribution in [3.63, 3.8) is 0 Å². The number of esters is 1. The summed E-state index contributed by atoms with van der Waals surface area (Å²) in [7, 11) is 1.52. The Morgan fingerprint density at radius 1 is 0.453 bits per heavy atom. The van der Waals surface area contributed by atoms with Gasteiger partial charge in [-0.05, 0) is 31.8 Å². The molecule has 0 aliphatic carbocycles. The van der Waals surface area contributed by atoms with Crippen LogP contribution < -0.4 is 5.32 Å². The minimum atomic E-state index is -4.44. The summed E-state index contributed by atoms with van der Waals surface area (Å²) in [5.74, 6) is -0.481. The highest BCUT2D eigenvalue weighted by molar-refractivity contribution is 7.47. The molecule has 9 nitrogen and oxygen atoms in total. The van der Waals surface area contributed by atoms with E-state index in [1.165, 1.54) is 250 Å². The number of unbranched alkanes of at least 4 members (excludes halogenated alkanes) is 45. The first-order valence-electron chi connectivity index (χ1n) is 33.0. The first kappa shape index (κ1) is 73.8. The number of hydrogen-bond donors (Lipinski definition) is 2. The lowest BCUT2D eigenvalue weighted by Gasteiger charge is -2.27. The number of ether oxygens (including phenoxy) is 1. The van der Waals surface area contributed by atoms with Crippen molar-refractivity contribution in [1.29, 1.82) is 0 Å². The maximum atomic E-state index is 13.6. The van der Waals surface area contributed by atoms with Gasteiger partial charge in [0.25, 0.3) is 0 Å². The summed E-state index contributed by atoms with van der Waals surface area (Å²) in [6.07, 6.45) is 65.0. The van der Waals surface area contributed by atoms with Crippen LogP contribution in [0.25, 0.3) is 0 Å². The Balaban J connectivity index is 5.10. The molecule has 446 valence electrons. The molecule has 0 aliphatic heterocycles. The highest BCUT2D eigenvalue weighted by Gasteiger charge is 2.30. The molecule has 0 aliphatic rings. The average molecular weight is 1080 g/mol. The highest BCUT2D eigenvalue weighted by atomic mass is 31.2. The molecule has 0 spiro atoms. The van der Waals surface area contributed by atoms with Crippen LogP contribution in [0.15, 0.2) is 12.2 Å². The van der Waals surface area contributed by atoms with Crippen molar-refractivity contribution in [3.8, 4) is 0 Å². The molecule has 0 saturated heterocycles. The van der Waals surface area contributed by atoms with E-state index in [1.807, 2.05) is 33.3 Å². The standard InChI is InChI=1S/C65H129N2O7P/c1-7-10-13-16-19-22-25-27-29-31-33-35-37-39-42-45-48-51-54-57-64(68)66-62(61-73-75(70,71)72-60-59-67(4,5)6)63(56-53-50-47-44-41-24-21-18-15-12-9-3)74-65(69)58-55-52-49-46-43-40-38-36-34-32-30-28-26-23-20-17-14-11-8-2/h53,56,62-63H,7-52,54-55,57-61H2,1-6H3,(H-,66,68,70,71)/p+1/b56-53+. The van der Waals surface area contributed by atoms with Crippen LogP contribution in [0.4, 0.5) is 0 Å². The molecule has 3 atom stereocenters. The first-order valence-corrected chi connectivity index (χ1v) is 34.5. The van der Waals surface area contributed by atoms with Crippen molar-refractivity contribution >= 4 is 19.7 Å². The number of likely N-dealkylation sites (N-methyl/N-ethyl adjacent to an activating group) is 1. The van der Waals surface area contributed by atoms with E-state index >= 15 is 0 Å². The molecule has 0 fully saturated rings. The molecule has 75 heavy (non-hydrogen) atoms. The molecular formula is C65H130N2O7P+. The van der Waals surface area contributed by atoms with E-state index in [0.29, 0.717) is 23.9 Å². The van der Waals surface area contributed by atoms with E-state index in [-0.39, 0.29) is 25.1 Å². The zero-order valence-corrected chi connectivity index (χ0v) is 52.0. The molecule has 0 rings (SSSR count). The second-order valence-corrected chi connectivity index (χ2v) is 25.5. The second-order valence-electron chi connectivity index (χ2n) is 24.0. The number of carbonyl (C=O) groups excluding carboxylic acids is 2. The zero-order valence-electron chi connectivity index (χ0n) is 51.1. The van der Waals surface area contributed by atoms with Gasteiger partial charge in [-0.1, -0.05) is 309 Å². The third-order valence-corrected chi connectivity index (χ3v) is 16.2. The van der Waals surface area contributed by atoms with Gasteiger partial charge in [-0.25, -0.2) is 4.57 Å². The lowest BCUT2D eigenvalue weighted by molar-refractivity contribution is -0.870. The van der Waals surface area contributed by atoms with E-state index in [0.717, 1.165) is 57.8 Å². The van der Waals surface area contributed by atoms with Crippen molar-refractivity contribution < 1.29 is 37.3 Å². The van der Waals surface area contributed by atoms with E-state index in [9.17, 15) is 19.0 Å². The van der Waals surface area contributed by atoms with Crippen LogP contribution in [0.2, 0.25) is 0 Å². The van der Waals surface area contributed by atoms with E-state index in [4.69, 9.17) is 13.8 Å². The largest absolute Gasteiger partial charge is 0.472 e. The van der Waals surface area contributed by atoms with E-state index < -0.39 is 20.0 Å². The molecule has 0 aromatic heterocycles. The first-order chi connectivity index (χ1) is 36.4. The van der Waals surface area contributed by atoms with Gasteiger partial charge in [0.2, 0.25) is 5.91 Å². The topological polar surface area (TPSA) is 111 Å². The fraction of sp³-hybridized carbons (Fsp3) is 0.938. The van der Waals surface area contributed by atoms with Gasteiger partial charge < -0.3 is 19.4 Å². The lowest BCUT2D eigenvalue weighted by Crippen LogP contribution is -2.47. The number of phosphoric acid groups is 1. The normalized spacial score (nSPS) is 13.6. The number of phosphoric ester groups is 1. The van der Waals surface area contributed by atoms with Crippen molar-refractivity contribution in [2.24, 2.45) is 0 Å². The average Bonchev–Trinajstić information content (AvgIpc) is 3.37. The number of nitrogens with zero attached hydrogens (tertiary/aromatic N) is 1. The monoisotopic (exact) mass is 1080 g/mol. The molecule has 3 unspecified atom stereocenters. The molecule has 0 bridgehead atoms. The van der Waals surface area contributed by atoms with Crippen molar-refractivity contribution in [2.75, 3.05) is 40.9 Å². The number of amides is 1. The number of nitrogens with one attached hydrogen (secondary N) is 1. The Labute approximate surface area is 467 Å². The van der Waals surface area contributed by atoms with Crippen LogP contribution in [-0.2, 0) is 27.9 Å². The maximum absolute atomic E-state index is 13.6. The Morgan fingerprint density at radius 3 is 1.09 bits per heavy atom. The smallest absolute Gasteiger partial charge is 0.456 e. The van der Waals surface area contributed by atoms with Gasteiger partial charge in [0.15, 0.2) is 0 Å². The van der Waals surface area contributed by atoms with Gasteiger partial charge in [-0.15, -0.1) is 0 Å². The third-order valence-electron chi connectivity index (χ3n) is 15.2. The molecule has 0 radical (unpaired) electrons. The van der Waals surface area contributed by atoms with Crippen LogP contribution in [0.1, 0.15) is 342 Å². The van der Waals surface area contributed by atoms with Crippen LogP contribution in [0.3, 0.4) is 0 Å². The Kier molecular flexibility index (Phi) is 55.1. The minimum absolute atomic E-state index is 0.0458. The molecule has 10 heteroatoms. The Hall–Kier alpha value is -1.25. The Morgan fingerprint density at radius 2 is 0.760 bits per heavy atom. The van der Waals surface area contributed by atoms with Gasteiger partial charge in [-0.2, -0.15) is 0 Å². The zero-order chi connectivity index (χ0) is 55.0. The quantitative estimate of drug-likeness (QED) is 0.0205. The summed E-state index contributed by atoms with van der Waals surface area (Å²) in [5, 5.41) is 3.07. The van der Waals surface area contributed by atoms with Gasteiger partial charge >= 0.3 is 13.8 Å². The predicted octanol–water partition coefficient (Wildman–Crippen LogP) is 20.3. The summed E-state index contributed by atoms with van der Waals surface area (Å²) < 4.78 is 30.7. The molecule has 0 heterocycles. The van der Waals surface area contributed by atoms with Gasteiger partial charge in [-0.3, -0.25) is 18.6 Å². The minimum Gasteiger partial charge on any atom is -0.456 e. The molecular weight excluding hydrogens is 952 g/mol. The van der Waals surface area contributed by atoms with Gasteiger partial charge in [0.05, 0.1) is 33.8 Å². The van der Waals surface area contributed by atoms with Gasteiger partial charge in [0.1, 0.15) is 19.3 Å². The van der Waals surface area contributed by atoms with Crippen LogP contribution in [0.5, 0.6) is 0 Å². The van der Waals surface area contributed by atoms with Crippen molar-refractivity contribution in [1.82, 2.24) is 5.32 Å². The predicted molar refractivity (Wildman–Crippen MR) is 323 cm³/mol. The van der Waals surface area contributed by atoms with Crippen LogP contribution >= 0.6 is 7.82 Å². The second kappa shape index (κ2) is 56.0. The molecule has 0 aromatic carbocycles. The number of hydrogen-bond acceptors (Lipinski definition) is 6. The van der Waals surface area contributed by atoms with Crippen LogP contribution in [-0.4, -0.2) is 74.3 Å². The summed E-state index contributed by atoms with van der Waals surface area (Å²) in [6, 6.07) is -0.839. The maximum Gasteiger partial charge on any atom is 0.472 e. The van der Waals surface area contributed by atoms with Crippen LogP contribution in [0, 0.1) is 0 Å². The molecule has 0 saturated carbocycles. The molecule has 0 aromatic rings. The summed E-state index contributed by atoms with van der Waals surface area (Å²) >= 11 is 0.